The van der Waals surface area contributed by atoms with E-state index in [1.807, 2.05) is 12.1 Å². The molecule has 0 amide bonds. The van der Waals surface area contributed by atoms with Crippen molar-refractivity contribution in [3.63, 3.8) is 0 Å². The Balaban J connectivity index is 1.77. The van der Waals surface area contributed by atoms with Crippen LogP contribution < -0.4 is 11.5 Å². The van der Waals surface area contributed by atoms with Crippen LogP contribution in [0.25, 0.3) is 0 Å². The van der Waals surface area contributed by atoms with Crippen molar-refractivity contribution in [3.8, 4) is 5.75 Å². The fraction of sp³-hybridized carbons (Fsp3) is 0.308. The molecule has 7 heteroatoms. The van der Waals surface area contributed by atoms with E-state index in [0.717, 1.165) is 30.6 Å². The molecule has 7 nitrogen and oxygen atoms in total. The van der Waals surface area contributed by atoms with Gasteiger partial charge in [0.1, 0.15) is 11.6 Å². The van der Waals surface area contributed by atoms with E-state index in [0.29, 0.717) is 18.1 Å². The van der Waals surface area contributed by atoms with Crippen LogP contribution in [0, 0.1) is 0 Å². The molecule has 2 heterocycles. The molecule has 0 bridgehead atoms. The van der Waals surface area contributed by atoms with Gasteiger partial charge in [-0.25, -0.2) is 0 Å². The molecule has 3 rings (SSSR count). The van der Waals surface area contributed by atoms with Gasteiger partial charge < -0.3 is 16.6 Å². The molecule has 104 valence electrons. The Bertz CT molecular complexity index is 625. The van der Waals surface area contributed by atoms with Crippen molar-refractivity contribution in [2.45, 2.75) is 19.5 Å². The maximum absolute atomic E-state index is 9.82. The van der Waals surface area contributed by atoms with E-state index >= 15 is 0 Å². The third-order valence-electron chi connectivity index (χ3n) is 3.40. The van der Waals surface area contributed by atoms with E-state index in [9.17, 15) is 5.11 Å². The normalized spacial score (nSPS) is 15.0. The molecule has 0 radical (unpaired) electrons. The van der Waals surface area contributed by atoms with Gasteiger partial charge in [-0.15, -0.1) is 0 Å². The standard InChI is InChI=1S/C13H16N6O/c14-12-16-11(17-13(15)18-12)7-19-5-4-9-8(6-19)2-1-3-10(9)20/h1-3,20H,4-7H2,(H4,14,15,16,17,18). The summed E-state index contributed by atoms with van der Waals surface area (Å²) in [5.41, 5.74) is 13.3. The largest absolute Gasteiger partial charge is 0.508 e. The average molecular weight is 272 g/mol. The summed E-state index contributed by atoms with van der Waals surface area (Å²) in [5.74, 6) is 1.22. The van der Waals surface area contributed by atoms with E-state index < -0.39 is 0 Å². The lowest BCUT2D eigenvalue weighted by molar-refractivity contribution is 0.237. The first-order valence-corrected chi connectivity index (χ1v) is 6.40. The zero-order valence-electron chi connectivity index (χ0n) is 11.0. The molecule has 0 fully saturated rings. The minimum absolute atomic E-state index is 0.141. The maximum Gasteiger partial charge on any atom is 0.225 e. The van der Waals surface area contributed by atoms with Gasteiger partial charge in [0.05, 0.1) is 6.54 Å². The summed E-state index contributed by atoms with van der Waals surface area (Å²) in [6, 6.07) is 5.61. The lowest BCUT2D eigenvalue weighted by Gasteiger charge is -2.28. The lowest BCUT2D eigenvalue weighted by atomic mass is 9.99. The summed E-state index contributed by atoms with van der Waals surface area (Å²) in [7, 11) is 0. The van der Waals surface area contributed by atoms with Crippen molar-refractivity contribution in [3.05, 3.63) is 35.2 Å². The maximum atomic E-state index is 9.82. The van der Waals surface area contributed by atoms with Gasteiger partial charge in [0.15, 0.2) is 0 Å². The van der Waals surface area contributed by atoms with E-state index in [1.165, 1.54) is 0 Å². The highest BCUT2D eigenvalue weighted by molar-refractivity contribution is 5.40. The minimum atomic E-state index is 0.141. The number of phenolic OH excluding ortho intramolecular Hbond substituents is 1. The van der Waals surface area contributed by atoms with Crippen LogP contribution in [0.15, 0.2) is 18.2 Å². The topological polar surface area (TPSA) is 114 Å². The Hall–Kier alpha value is -2.41. The summed E-state index contributed by atoms with van der Waals surface area (Å²) in [6.45, 7) is 2.14. The smallest absolute Gasteiger partial charge is 0.225 e. The molecule has 2 aromatic rings. The first kappa shape index (κ1) is 12.6. The monoisotopic (exact) mass is 272 g/mol. The van der Waals surface area contributed by atoms with Crippen LogP contribution in [0.4, 0.5) is 11.9 Å². The molecule has 0 saturated carbocycles. The number of fused-ring (bicyclic) bond motifs is 1. The van der Waals surface area contributed by atoms with Crippen LogP contribution in [0.3, 0.4) is 0 Å². The quantitative estimate of drug-likeness (QED) is 0.720. The summed E-state index contributed by atoms with van der Waals surface area (Å²) in [5, 5.41) is 9.82. The van der Waals surface area contributed by atoms with Crippen molar-refractivity contribution in [1.82, 2.24) is 19.9 Å². The molecule has 5 N–H and O–H groups in total. The summed E-state index contributed by atoms with van der Waals surface area (Å²) in [4.78, 5) is 14.1. The van der Waals surface area contributed by atoms with Crippen LogP contribution in [-0.4, -0.2) is 31.5 Å². The van der Waals surface area contributed by atoms with Crippen LogP contribution in [0.1, 0.15) is 17.0 Å². The number of nitrogen functional groups attached to an aromatic ring is 2. The Kier molecular flexibility index (Phi) is 3.11. The number of nitrogens with two attached hydrogens (primary N) is 2. The Labute approximate surface area is 116 Å². The van der Waals surface area contributed by atoms with Gasteiger partial charge in [-0.1, -0.05) is 12.1 Å². The molecular formula is C13H16N6O. The van der Waals surface area contributed by atoms with E-state index in [1.54, 1.807) is 6.07 Å². The molecular weight excluding hydrogens is 256 g/mol. The predicted octanol–water partition coefficient (Wildman–Crippen LogP) is 0.300. The van der Waals surface area contributed by atoms with Gasteiger partial charge in [-0.05, 0) is 23.6 Å². The first-order valence-electron chi connectivity index (χ1n) is 6.40. The number of rotatable bonds is 2. The predicted molar refractivity (Wildman–Crippen MR) is 74.6 cm³/mol. The molecule has 1 aromatic carbocycles. The SMILES string of the molecule is Nc1nc(N)nc(CN2CCc3c(O)cccc3C2)n1. The summed E-state index contributed by atoms with van der Waals surface area (Å²) < 4.78 is 0. The molecule has 1 aliphatic heterocycles. The highest BCUT2D eigenvalue weighted by Gasteiger charge is 2.19. The number of aromatic nitrogens is 3. The van der Waals surface area contributed by atoms with Crippen molar-refractivity contribution in [2.75, 3.05) is 18.0 Å². The highest BCUT2D eigenvalue weighted by Crippen LogP contribution is 2.27. The lowest BCUT2D eigenvalue weighted by Crippen LogP contribution is -2.31. The number of hydrogen-bond acceptors (Lipinski definition) is 7. The molecule has 0 saturated heterocycles. The van der Waals surface area contributed by atoms with Crippen molar-refractivity contribution < 1.29 is 5.11 Å². The number of aromatic hydroxyl groups is 1. The second-order valence-electron chi connectivity index (χ2n) is 4.84. The number of phenols is 1. The Morgan fingerprint density at radius 1 is 1.15 bits per heavy atom. The second kappa shape index (κ2) is 4.93. The second-order valence-corrected chi connectivity index (χ2v) is 4.84. The van der Waals surface area contributed by atoms with E-state index in [-0.39, 0.29) is 11.9 Å². The molecule has 1 aromatic heterocycles. The molecule has 0 atom stereocenters. The highest BCUT2D eigenvalue weighted by atomic mass is 16.3. The van der Waals surface area contributed by atoms with Crippen LogP contribution in [0.2, 0.25) is 0 Å². The summed E-state index contributed by atoms with van der Waals surface area (Å²) >= 11 is 0. The van der Waals surface area contributed by atoms with Gasteiger partial charge in [0.2, 0.25) is 11.9 Å². The first-order chi connectivity index (χ1) is 9.61. The van der Waals surface area contributed by atoms with E-state index in [4.69, 9.17) is 11.5 Å². The van der Waals surface area contributed by atoms with Crippen molar-refractivity contribution >= 4 is 11.9 Å². The summed E-state index contributed by atoms with van der Waals surface area (Å²) in [6.07, 6.45) is 0.804. The fourth-order valence-corrected chi connectivity index (χ4v) is 2.51. The zero-order chi connectivity index (χ0) is 14.1. The molecule has 0 aliphatic carbocycles. The molecule has 20 heavy (non-hydrogen) atoms. The Morgan fingerprint density at radius 2 is 1.90 bits per heavy atom. The zero-order valence-corrected chi connectivity index (χ0v) is 11.0. The minimum Gasteiger partial charge on any atom is -0.508 e. The number of nitrogens with zero attached hydrogens (tertiary/aromatic N) is 4. The fourth-order valence-electron chi connectivity index (χ4n) is 2.51. The van der Waals surface area contributed by atoms with Gasteiger partial charge in [0, 0.05) is 13.1 Å². The molecule has 1 aliphatic rings. The van der Waals surface area contributed by atoms with Crippen LogP contribution >= 0.6 is 0 Å². The molecule has 0 unspecified atom stereocenters. The van der Waals surface area contributed by atoms with Crippen molar-refractivity contribution in [1.29, 1.82) is 0 Å². The third-order valence-corrected chi connectivity index (χ3v) is 3.40. The van der Waals surface area contributed by atoms with E-state index in [2.05, 4.69) is 19.9 Å². The number of benzene rings is 1. The van der Waals surface area contributed by atoms with Crippen LogP contribution in [0.5, 0.6) is 5.75 Å². The van der Waals surface area contributed by atoms with Gasteiger partial charge in [0.25, 0.3) is 0 Å². The average Bonchev–Trinajstić information content (AvgIpc) is 2.37. The number of anilines is 2. The Morgan fingerprint density at radius 3 is 2.65 bits per heavy atom. The van der Waals surface area contributed by atoms with Crippen LogP contribution in [-0.2, 0) is 19.5 Å². The third kappa shape index (κ3) is 2.48. The van der Waals surface area contributed by atoms with Gasteiger partial charge in [-0.3, -0.25) is 4.90 Å². The molecule has 0 spiro atoms. The van der Waals surface area contributed by atoms with Gasteiger partial charge in [-0.2, -0.15) is 15.0 Å². The van der Waals surface area contributed by atoms with Gasteiger partial charge >= 0.3 is 0 Å². The van der Waals surface area contributed by atoms with Crippen molar-refractivity contribution in [2.24, 2.45) is 0 Å². The number of hydrogen-bond donors (Lipinski definition) is 3.